The summed E-state index contributed by atoms with van der Waals surface area (Å²) in [4.78, 5) is 75.8. The van der Waals surface area contributed by atoms with Gasteiger partial charge in [0.15, 0.2) is 0 Å². The van der Waals surface area contributed by atoms with Gasteiger partial charge in [-0.05, 0) is 82.8 Å². The Morgan fingerprint density at radius 3 is 2.00 bits per heavy atom. The second kappa shape index (κ2) is 18.3. The number of carboxylic acids is 1. The molecule has 14 heteroatoms. The number of urea groups is 1. The van der Waals surface area contributed by atoms with Gasteiger partial charge >= 0.3 is 23.9 Å². The number of carbonyl (C=O) groups is 5. The number of nitrogens with zero attached hydrogens (tertiary/aromatic N) is 2. The first kappa shape index (κ1) is 44.1. The average Bonchev–Trinajstić information content (AvgIpc) is 3.78. The molecule has 3 N–H and O–H groups in total. The van der Waals surface area contributed by atoms with Gasteiger partial charge in [0.2, 0.25) is 5.91 Å². The molecule has 65 heavy (non-hydrogen) atoms. The lowest BCUT2D eigenvalue weighted by atomic mass is 9.65. The van der Waals surface area contributed by atoms with Gasteiger partial charge in [-0.25, -0.2) is 14.5 Å². The number of rotatable bonds is 11. The number of morpholine rings is 1. The van der Waals surface area contributed by atoms with E-state index in [1.54, 1.807) is 86.5 Å². The van der Waals surface area contributed by atoms with Gasteiger partial charge in [0, 0.05) is 11.1 Å². The highest BCUT2D eigenvalue weighted by Gasteiger charge is 2.76. The predicted octanol–water partition coefficient (Wildman–Crippen LogP) is 6.12. The molecule has 3 heterocycles. The number of hydrogen-bond donors (Lipinski definition) is 3. The molecule has 0 radical (unpaired) electrons. The van der Waals surface area contributed by atoms with Crippen LogP contribution in [0.4, 0.5) is 10.5 Å². The number of aliphatic hydroxyl groups is 1. The average molecular weight is 878 g/mol. The molecule has 5 aromatic carbocycles. The smallest absolute Gasteiger partial charge is 0.329 e. The summed E-state index contributed by atoms with van der Waals surface area (Å²) in [6.45, 7) is 3.16. The number of imide groups is 1. The van der Waals surface area contributed by atoms with Crippen LogP contribution in [-0.2, 0) is 34.1 Å². The van der Waals surface area contributed by atoms with Gasteiger partial charge in [-0.15, -0.1) is 0 Å². The number of carbonyl (C=O) groups excluding carboxylic acids is 4. The molecule has 0 bridgehead atoms. The van der Waals surface area contributed by atoms with Gasteiger partial charge in [0.1, 0.15) is 47.6 Å². The Kier molecular flexibility index (Phi) is 12.4. The molecule has 1 spiro atoms. The van der Waals surface area contributed by atoms with Crippen LogP contribution >= 0.6 is 0 Å². The first-order chi connectivity index (χ1) is 31.4. The van der Waals surface area contributed by atoms with Crippen LogP contribution in [0.5, 0.6) is 11.5 Å². The number of cyclic esters (lactones) is 1. The summed E-state index contributed by atoms with van der Waals surface area (Å²) < 4.78 is 22.4. The molecule has 5 aromatic rings. The van der Waals surface area contributed by atoms with Crippen molar-refractivity contribution in [3.63, 3.8) is 0 Å². The minimum absolute atomic E-state index is 0.00188. The number of hydrogen-bond acceptors (Lipinski definition) is 11. The molecular formula is C51H47N3O11. The summed E-state index contributed by atoms with van der Waals surface area (Å²) >= 11 is 0. The Balaban J connectivity index is 1.42. The van der Waals surface area contributed by atoms with E-state index in [-0.39, 0.29) is 24.5 Å². The monoisotopic (exact) mass is 877 g/mol. The molecule has 0 saturated carbocycles. The Hall–Kier alpha value is -7.47. The van der Waals surface area contributed by atoms with Crippen molar-refractivity contribution in [2.45, 2.75) is 49.5 Å². The molecule has 14 nitrogen and oxygen atoms in total. The van der Waals surface area contributed by atoms with E-state index in [1.165, 1.54) is 13.2 Å². The summed E-state index contributed by atoms with van der Waals surface area (Å²) in [6.07, 6.45) is -0.981. The number of benzene rings is 5. The minimum Gasteiger partial charge on any atom is -0.497 e. The van der Waals surface area contributed by atoms with Crippen LogP contribution in [0.15, 0.2) is 127 Å². The zero-order chi connectivity index (χ0) is 46.0. The van der Waals surface area contributed by atoms with Crippen LogP contribution in [0, 0.1) is 23.7 Å². The lowest BCUT2D eigenvalue weighted by Gasteiger charge is -2.46. The van der Waals surface area contributed by atoms with E-state index >= 15 is 4.79 Å². The van der Waals surface area contributed by atoms with Crippen molar-refractivity contribution in [1.82, 2.24) is 10.2 Å². The zero-order valence-corrected chi connectivity index (χ0v) is 36.0. The quantitative estimate of drug-likeness (QED) is 0.102. The summed E-state index contributed by atoms with van der Waals surface area (Å²) in [5.74, 6) is 0.916. The highest BCUT2D eigenvalue weighted by Crippen LogP contribution is 2.66. The fourth-order valence-electron chi connectivity index (χ4n) is 9.52. The topological polar surface area (TPSA) is 181 Å². The summed E-state index contributed by atoms with van der Waals surface area (Å²) in [6, 6.07) is 30.9. The van der Waals surface area contributed by atoms with Crippen LogP contribution in [0.1, 0.15) is 65.4 Å². The number of amides is 3. The van der Waals surface area contributed by atoms with Crippen LogP contribution in [0.2, 0.25) is 0 Å². The molecule has 3 aliphatic heterocycles. The van der Waals surface area contributed by atoms with Crippen LogP contribution < -0.4 is 19.7 Å². The fraction of sp³-hybridized carbons (Fsp3) is 0.275. The zero-order valence-electron chi connectivity index (χ0n) is 36.0. The highest BCUT2D eigenvalue weighted by molar-refractivity contribution is 6.24. The highest BCUT2D eigenvalue weighted by atomic mass is 16.6. The van der Waals surface area contributed by atoms with E-state index in [0.717, 1.165) is 4.90 Å². The van der Waals surface area contributed by atoms with Crippen LogP contribution in [0.25, 0.3) is 0 Å². The van der Waals surface area contributed by atoms with Gasteiger partial charge in [0.25, 0.3) is 0 Å². The van der Waals surface area contributed by atoms with Crippen LogP contribution in [-0.4, -0.2) is 84.5 Å². The van der Waals surface area contributed by atoms with Crippen molar-refractivity contribution in [2.75, 3.05) is 32.3 Å². The normalized spacial score (nSPS) is 22.6. The lowest BCUT2D eigenvalue weighted by molar-refractivity contribution is -0.179. The fourth-order valence-corrected chi connectivity index (χ4v) is 9.52. The SMILES string of the molecule is COC(=O)[C@@H](NC(=O)N1C(=O)[C@@]2(c3cc(C#Cc4ccc(OC)cc4)ccc31)[C@H](c1ccc(OCCO)cc1)N1[C@H](c3ccccc3)[C@H](c3ccccc3)OC(=O)[C@H]1[C@@H]2C(=O)O)C(C)C. The molecule has 2 saturated heterocycles. The van der Waals surface area contributed by atoms with E-state index in [0.29, 0.717) is 39.3 Å². The van der Waals surface area contributed by atoms with Gasteiger partial charge in [0.05, 0.1) is 38.6 Å². The molecule has 3 aliphatic rings. The molecule has 332 valence electrons. The Morgan fingerprint density at radius 1 is 0.785 bits per heavy atom. The molecule has 7 atom stereocenters. The Morgan fingerprint density at radius 2 is 1.40 bits per heavy atom. The largest absolute Gasteiger partial charge is 0.497 e. The maximum absolute atomic E-state index is 16.1. The lowest BCUT2D eigenvalue weighted by Crippen LogP contribution is -2.56. The number of esters is 2. The van der Waals surface area contributed by atoms with Crippen LogP contribution in [0.3, 0.4) is 0 Å². The van der Waals surface area contributed by atoms with E-state index in [9.17, 15) is 29.4 Å². The van der Waals surface area contributed by atoms with Crippen molar-refractivity contribution in [3.05, 3.63) is 161 Å². The summed E-state index contributed by atoms with van der Waals surface area (Å²) in [7, 11) is 2.74. The number of nitrogens with one attached hydrogen (secondary N) is 1. The molecule has 0 aromatic heterocycles. The van der Waals surface area contributed by atoms with Gasteiger partial charge in [-0.3, -0.25) is 19.3 Å². The molecule has 3 amide bonds. The Bertz CT molecular complexity index is 2660. The third-order valence-corrected chi connectivity index (χ3v) is 12.3. The van der Waals surface area contributed by atoms with E-state index < -0.39 is 77.4 Å². The summed E-state index contributed by atoms with van der Waals surface area (Å²) in [5, 5.41) is 23.8. The first-order valence-electron chi connectivity index (χ1n) is 21.1. The van der Waals surface area contributed by atoms with Gasteiger partial charge < -0.3 is 34.5 Å². The maximum atomic E-state index is 16.1. The van der Waals surface area contributed by atoms with E-state index in [1.807, 2.05) is 60.7 Å². The Labute approximate surface area is 375 Å². The number of aliphatic hydroxyl groups excluding tert-OH is 1. The number of ether oxygens (including phenoxy) is 4. The van der Waals surface area contributed by atoms with E-state index in [2.05, 4.69) is 17.2 Å². The first-order valence-corrected chi connectivity index (χ1v) is 21.1. The number of carboxylic acid groups (broad SMARTS) is 1. The second-order valence-electron chi connectivity index (χ2n) is 16.3. The third kappa shape index (κ3) is 7.83. The van der Waals surface area contributed by atoms with Crippen molar-refractivity contribution < 1.29 is 53.1 Å². The second-order valence-corrected chi connectivity index (χ2v) is 16.3. The van der Waals surface area contributed by atoms with Crippen molar-refractivity contribution >= 4 is 35.5 Å². The maximum Gasteiger partial charge on any atom is 0.329 e. The number of anilines is 1. The molecular weight excluding hydrogens is 831 g/mol. The predicted molar refractivity (Wildman–Crippen MR) is 237 cm³/mol. The number of fused-ring (bicyclic) bond motifs is 3. The molecule has 0 aliphatic carbocycles. The van der Waals surface area contributed by atoms with Crippen molar-refractivity contribution in [3.8, 4) is 23.3 Å². The van der Waals surface area contributed by atoms with Gasteiger partial charge in [-0.2, -0.15) is 0 Å². The number of methoxy groups -OCH3 is 2. The standard InChI is InChI=1S/C51H47N3O11/c1-30(2)41(47(58)63-4)52-50(61)53-39-26-19-32(16-15-31-17-22-36(62-3)23-18-31)29-38(39)51(49(53)60)40(46(56)57)43-48(59)65-44(34-13-9-6-10-14-34)42(33-11-7-5-8-12-33)54(43)45(51)35-20-24-37(25-21-35)64-28-27-55/h5-14,17-26,29-30,40-45,55H,27-28H2,1-4H3,(H,52,61)(H,56,57)/t40-,41+,42-,43-,44+,45+,51-/m1/s1. The van der Waals surface area contributed by atoms with Crippen molar-refractivity contribution in [1.29, 1.82) is 0 Å². The van der Waals surface area contributed by atoms with Gasteiger partial charge in [-0.1, -0.05) is 98.5 Å². The van der Waals surface area contributed by atoms with Crippen molar-refractivity contribution in [2.24, 2.45) is 11.8 Å². The molecule has 8 rings (SSSR count). The minimum atomic E-state index is -2.23. The number of aliphatic carboxylic acids is 1. The third-order valence-electron chi connectivity index (χ3n) is 12.3. The molecule has 2 fully saturated rings. The summed E-state index contributed by atoms with van der Waals surface area (Å²) in [5.41, 5.74) is 0.681. The molecule has 0 unspecified atom stereocenters. The van der Waals surface area contributed by atoms with E-state index in [4.69, 9.17) is 18.9 Å².